The van der Waals surface area contributed by atoms with Gasteiger partial charge < -0.3 is 13.9 Å². The molecule has 1 atom stereocenters. The highest BCUT2D eigenvalue weighted by Gasteiger charge is 2.15. The first-order chi connectivity index (χ1) is 8.81. The van der Waals surface area contributed by atoms with Crippen molar-refractivity contribution in [3.63, 3.8) is 0 Å². The van der Waals surface area contributed by atoms with E-state index in [4.69, 9.17) is 13.9 Å². The highest BCUT2D eigenvalue weighted by molar-refractivity contribution is 5.78. The van der Waals surface area contributed by atoms with Gasteiger partial charge in [-0.05, 0) is 44.4 Å². The fraction of sp³-hybridized carbons (Fsp3) is 0.467. The van der Waals surface area contributed by atoms with Crippen LogP contribution in [-0.2, 0) is 16.1 Å². The zero-order valence-corrected chi connectivity index (χ0v) is 10.6. The summed E-state index contributed by atoms with van der Waals surface area (Å²) in [7, 11) is 0. The minimum atomic E-state index is -0.0614. The van der Waals surface area contributed by atoms with Gasteiger partial charge in [-0.1, -0.05) is 11.6 Å². The Kier molecular flexibility index (Phi) is 3.35. The molecule has 0 saturated carbocycles. The monoisotopic (exact) mass is 246 g/mol. The molecule has 0 N–H and O–H groups in total. The van der Waals surface area contributed by atoms with Crippen LogP contribution in [0.2, 0.25) is 0 Å². The Labute approximate surface area is 107 Å². The van der Waals surface area contributed by atoms with Crippen LogP contribution in [0, 0.1) is 6.92 Å². The van der Waals surface area contributed by atoms with Crippen LogP contribution in [0.1, 0.15) is 30.6 Å². The summed E-state index contributed by atoms with van der Waals surface area (Å²) in [6, 6.07) is 8.23. The number of hydrogen-bond acceptors (Lipinski definition) is 3. The molecule has 96 valence electrons. The molecule has 0 radical (unpaired) electrons. The first-order valence-electron chi connectivity index (χ1n) is 6.53. The topological polar surface area (TPSA) is 31.6 Å². The average molecular weight is 246 g/mol. The normalized spacial score (nSPS) is 20.4. The molecule has 1 saturated heterocycles. The van der Waals surface area contributed by atoms with E-state index in [1.807, 2.05) is 12.1 Å². The van der Waals surface area contributed by atoms with E-state index < -0.39 is 0 Å². The molecule has 2 heterocycles. The SMILES string of the molecule is Cc1ccc2oc(COC3CCCCO3)cc2c1. The summed E-state index contributed by atoms with van der Waals surface area (Å²) in [5, 5.41) is 1.14. The standard InChI is InChI=1S/C15H18O3/c1-11-5-6-14-12(8-11)9-13(18-14)10-17-15-4-2-3-7-16-15/h5-6,8-9,15H,2-4,7,10H2,1H3. The van der Waals surface area contributed by atoms with E-state index in [0.29, 0.717) is 6.61 Å². The molecule has 0 spiro atoms. The van der Waals surface area contributed by atoms with Crippen molar-refractivity contribution >= 4 is 11.0 Å². The smallest absolute Gasteiger partial charge is 0.158 e. The van der Waals surface area contributed by atoms with Crippen LogP contribution in [0.5, 0.6) is 0 Å². The van der Waals surface area contributed by atoms with Crippen molar-refractivity contribution in [2.75, 3.05) is 6.61 Å². The van der Waals surface area contributed by atoms with Crippen molar-refractivity contribution < 1.29 is 13.9 Å². The summed E-state index contributed by atoms with van der Waals surface area (Å²) >= 11 is 0. The second-order valence-corrected chi connectivity index (χ2v) is 4.86. The Bertz CT molecular complexity index is 524. The van der Waals surface area contributed by atoms with Crippen molar-refractivity contribution in [3.8, 4) is 0 Å². The highest BCUT2D eigenvalue weighted by Crippen LogP contribution is 2.22. The van der Waals surface area contributed by atoms with Crippen molar-refractivity contribution in [3.05, 3.63) is 35.6 Å². The zero-order chi connectivity index (χ0) is 12.4. The maximum absolute atomic E-state index is 5.73. The second kappa shape index (κ2) is 5.12. The van der Waals surface area contributed by atoms with Gasteiger partial charge in [-0.15, -0.1) is 0 Å². The Morgan fingerprint density at radius 2 is 2.22 bits per heavy atom. The third-order valence-corrected chi connectivity index (χ3v) is 3.27. The Morgan fingerprint density at radius 3 is 3.06 bits per heavy atom. The number of benzene rings is 1. The van der Waals surface area contributed by atoms with Gasteiger partial charge in [0.05, 0.1) is 0 Å². The molecule has 1 aromatic carbocycles. The van der Waals surface area contributed by atoms with E-state index in [1.165, 1.54) is 12.0 Å². The summed E-state index contributed by atoms with van der Waals surface area (Å²) in [4.78, 5) is 0. The van der Waals surface area contributed by atoms with Crippen LogP contribution in [0.4, 0.5) is 0 Å². The largest absolute Gasteiger partial charge is 0.459 e. The lowest BCUT2D eigenvalue weighted by Gasteiger charge is -2.22. The third-order valence-electron chi connectivity index (χ3n) is 3.27. The Balaban J connectivity index is 1.67. The van der Waals surface area contributed by atoms with Crippen LogP contribution in [0.15, 0.2) is 28.7 Å². The Morgan fingerprint density at radius 1 is 1.28 bits per heavy atom. The van der Waals surface area contributed by atoms with E-state index >= 15 is 0 Å². The highest BCUT2D eigenvalue weighted by atomic mass is 16.7. The minimum absolute atomic E-state index is 0.0614. The van der Waals surface area contributed by atoms with Crippen molar-refractivity contribution in [1.29, 1.82) is 0 Å². The van der Waals surface area contributed by atoms with Crippen molar-refractivity contribution in [2.45, 2.75) is 39.1 Å². The maximum Gasteiger partial charge on any atom is 0.158 e. The van der Waals surface area contributed by atoms with Crippen LogP contribution in [-0.4, -0.2) is 12.9 Å². The number of aryl methyl sites for hydroxylation is 1. The summed E-state index contributed by atoms with van der Waals surface area (Å²) in [5.74, 6) is 0.866. The third kappa shape index (κ3) is 2.57. The quantitative estimate of drug-likeness (QED) is 0.825. The van der Waals surface area contributed by atoms with E-state index in [9.17, 15) is 0 Å². The molecule has 1 aliphatic rings. The fourth-order valence-corrected chi connectivity index (χ4v) is 2.31. The van der Waals surface area contributed by atoms with E-state index in [1.54, 1.807) is 0 Å². The summed E-state index contributed by atoms with van der Waals surface area (Å²) in [6.07, 6.45) is 3.25. The molecule has 0 bridgehead atoms. The Hall–Kier alpha value is -1.32. The number of hydrogen-bond donors (Lipinski definition) is 0. The van der Waals surface area contributed by atoms with Crippen LogP contribution in [0.3, 0.4) is 0 Å². The molecule has 1 aliphatic heterocycles. The van der Waals surface area contributed by atoms with Crippen LogP contribution >= 0.6 is 0 Å². The number of fused-ring (bicyclic) bond motifs is 1. The predicted molar refractivity (Wildman–Crippen MR) is 69.3 cm³/mol. The van der Waals surface area contributed by atoms with E-state index in [-0.39, 0.29) is 6.29 Å². The van der Waals surface area contributed by atoms with Gasteiger partial charge in [0.15, 0.2) is 6.29 Å². The fourth-order valence-electron chi connectivity index (χ4n) is 2.31. The molecule has 1 fully saturated rings. The van der Waals surface area contributed by atoms with Gasteiger partial charge in [-0.3, -0.25) is 0 Å². The summed E-state index contributed by atoms with van der Waals surface area (Å²) in [5.41, 5.74) is 2.16. The van der Waals surface area contributed by atoms with Crippen LogP contribution < -0.4 is 0 Å². The average Bonchev–Trinajstić information content (AvgIpc) is 2.79. The van der Waals surface area contributed by atoms with Gasteiger partial charge in [-0.2, -0.15) is 0 Å². The molecule has 3 nitrogen and oxygen atoms in total. The number of furan rings is 1. The van der Waals surface area contributed by atoms with Crippen molar-refractivity contribution in [2.24, 2.45) is 0 Å². The molecule has 1 unspecified atom stereocenters. The number of ether oxygens (including phenoxy) is 2. The first-order valence-corrected chi connectivity index (χ1v) is 6.53. The lowest BCUT2D eigenvalue weighted by molar-refractivity contribution is -0.171. The molecule has 2 aromatic rings. The van der Waals surface area contributed by atoms with Gasteiger partial charge in [0, 0.05) is 12.0 Å². The van der Waals surface area contributed by atoms with E-state index in [2.05, 4.69) is 19.1 Å². The van der Waals surface area contributed by atoms with Crippen molar-refractivity contribution in [1.82, 2.24) is 0 Å². The minimum Gasteiger partial charge on any atom is -0.459 e. The van der Waals surface area contributed by atoms with Gasteiger partial charge in [-0.25, -0.2) is 0 Å². The lowest BCUT2D eigenvalue weighted by atomic mass is 10.2. The molecule has 0 aliphatic carbocycles. The molecule has 0 amide bonds. The maximum atomic E-state index is 5.73. The molecular weight excluding hydrogens is 228 g/mol. The molecule has 18 heavy (non-hydrogen) atoms. The van der Waals surface area contributed by atoms with Crippen LogP contribution in [0.25, 0.3) is 11.0 Å². The zero-order valence-electron chi connectivity index (χ0n) is 10.6. The molecular formula is C15H18O3. The summed E-state index contributed by atoms with van der Waals surface area (Å²) in [6.45, 7) is 3.38. The van der Waals surface area contributed by atoms with Gasteiger partial charge in [0.1, 0.15) is 18.0 Å². The van der Waals surface area contributed by atoms with Gasteiger partial charge in [0.2, 0.25) is 0 Å². The number of rotatable bonds is 3. The molecule has 3 heteroatoms. The van der Waals surface area contributed by atoms with E-state index in [0.717, 1.165) is 36.2 Å². The van der Waals surface area contributed by atoms with Gasteiger partial charge in [0.25, 0.3) is 0 Å². The lowest BCUT2D eigenvalue weighted by Crippen LogP contribution is -2.21. The first kappa shape index (κ1) is 11.8. The van der Waals surface area contributed by atoms with Gasteiger partial charge >= 0.3 is 0 Å². The summed E-state index contributed by atoms with van der Waals surface area (Å²) < 4.78 is 17.0. The predicted octanol–water partition coefficient (Wildman–Crippen LogP) is 3.78. The second-order valence-electron chi connectivity index (χ2n) is 4.86. The molecule has 3 rings (SSSR count). The molecule has 1 aromatic heterocycles.